The summed E-state index contributed by atoms with van der Waals surface area (Å²) in [6.07, 6.45) is 3.36. The lowest BCUT2D eigenvalue weighted by Gasteiger charge is -2.32. The first kappa shape index (κ1) is 19.6. The van der Waals surface area contributed by atoms with Crippen molar-refractivity contribution in [2.75, 3.05) is 16.8 Å². The number of aromatic nitrogens is 2. The van der Waals surface area contributed by atoms with Crippen molar-refractivity contribution in [3.63, 3.8) is 0 Å². The smallest absolute Gasteiger partial charge is 0.243 e. The highest BCUT2D eigenvalue weighted by Gasteiger charge is 2.57. The summed E-state index contributed by atoms with van der Waals surface area (Å²) in [6.45, 7) is 8.20. The minimum absolute atomic E-state index is 0.00155. The summed E-state index contributed by atoms with van der Waals surface area (Å²) in [5.41, 5.74) is 4.08. The van der Waals surface area contributed by atoms with E-state index in [1.807, 2.05) is 38.1 Å². The van der Waals surface area contributed by atoms with Crippen molar-refractivity contribution in [2.24, 2.45) is 0 Å². The SMILES string of the molecule is C=CCN1C(=O)C2(CC(=O)Nc3c2cnn3-c2ccc(C)c(C)c2)c2cc(Cl)ccc21. The molecule has 1 atom stereocenters. The lowest BCUT2D eigenvalue weighted by atomic mass is 9.72. The normalized spacial score (nSPS) is 19.4. The number of fused-ring (bicyclic) bond motifs is 4. The molecule has 31 heavy (non-hydrogen) atoms. The average molecular weight is 433 g/mol. The Labute approximate surface area is 185 Å². The van der Waals surface area contributed by atoms with Crippen LogP contribution in [-0.4, -0.2) is 28.1 Å². The van der Waals surface area contributed by atoms with Gasteiger partial charge in [0.1, 0.15) is 11.2 Å². The van der Waals surface area contributed by atoms with E-state index in [-0.39, 0.29) is 18.2 Å². The fourth-order valence-corrected chi connectivity index (χ4v) is 4.80. The number of carbonyl (C=O) groups excluding carboxylic acids is 2. The summed E-state index contributed by atoms with van der Waals surface area (Å²) in [5, 5.41) is 8.03. The summed E-state index contributed by atoms with van der Waals surface area (Å²) < 4.78 is 1.69. The van der Waals surface area contributed by atoms with Crippen molar-refractivity contribution in [1.29, 1.82) is 0 Å². The molecule has 6 nitrogen and oxygen atoms in total. The molecule has 7 heteroatoms. The zero-order valence-corrected chi connectivity index (χ0v) is 18.0. The van der Waals surface area contributed by atoms with Crippen LogP contribution in [0.3, 0.4) is 0 Å². The van der Waals surface area contributed by atoms with E-state index in [0.29, 0.717) is 22.9 Å². The number of hydrogen-bond donors (Lipinski definition) is 1. The van der Waals surface area contributed by atoms with Gasteiger partial charge in [-0.05, 0) is 60.9 Å². The Morgan fingerprint density at radius 2 is 1.97 bits per heavy atom. The molecule has 2 amide bonds. The fourth-order valence-electron chi connectivity index (χ4n) is 4.63. The van der Waals surface area contributed by atoms with Crippen molar-refractivity contribution >= 4 is 34.9 Å². The van der Waals surface area contributed by atoms with Gasteiger partial charge >= 0.3 is 0 Å². The maximum absolute atomic E-state index is 13.8. The van der Waals surface area contributed by atoms with E-state index in [1.165, 1.54) is 5.56 Å². The van der Waals surface area contributed by atoms with Gasteiger partial charge < -0.3 is 10.2 Å². The number of rotatable bonds is 3. The van der Waals surface area contributed by atoms with Gasteiger partial charge in [-0.2, -0.15) is 5.10 Å². The molecule has 3 heterocycles. The molecule has 0 bridgehead atoms. The van der Waals surface area contributed by atoms with Crippen LogP contribution in [0.4, 0.5) is 11.5 Å². The standard InChI is InChI=1S/C24H21ClN4O2/c1-4-9-28-20-8-6-16(25)11-18(20)24(23(28)31)12-21(30)27-22-19(24)13-26-29(22)17-7-5-14(2)15(3)10-17/h4-8,10-11,13H,1,9,12H2,2-3H3,(H,27,30). The molecule has 156 valence electrons. The highest BCUT2D eigenvalue weighted by Crippen LogP contribution is 2.53. The van der Waals surface area contributed by atoms with Gasteiger partial charge in [0.05, 0.1) is 11.9 Å². The van der Waals surface area contributed by atoms with Crippen molar-refractivity contribution < 1.29 is 9.59 Å². The van der Waals surface area contributed by atoms with E-state index in [9.17, 15) is 9.59 Å². The van der Waals surface area contributed by atoms with Crippen LogP contribution in [0.2, 0.25) is 5.02 Å². The summed E-state index contributed by atoms with van der Waals surface area (Å²) >= 11 is 6.32. The molecule has 3 aromatic rings. The van der Waals surface area contributed by atoms with Crippen LogP contribution in [0, 0.1) is 13.8 Å². The lowest BCUT2D eigenvalue weighted by Crippen LogP contribution is -2.46. The maximum atomic E-state index is 13.8. The van der Waals surface area contributed by atoms with Crippen LogP contribution in [0.5, 0.6) is 0 Å². The van der Waals surface area contributed by atoms with E-state index in [2.05, 4.69) is 17.0 Å². The van der Waals surface area contributed by atoms with Gasteiger partial charge in [0.25, 0.3) is 0 Å². The summed E-state index contributed by atoms with van der Waals surface area (Å²) in [4.78, 5) is 28.4. The second-order valence-electron chi connectivity index (χ2n) is 8.08. The van der Waals surface area contributed by atoms with Crippen LogP contribution in [-0.2, 0) is 15.0 Å². The Morgan fingerprint density at radius 1 is 1.16 bits per heavy atom. The van der Waals surface area contributed by atoms with Gasteiger partial charge in [0.2, 0.25) is 11.8 Å². The minimum Gasteiger partial charge on any atom is -0.310 e. The molecular formula is C24H21ClN4O2. The van der Waals surface area contributed by atoms with E-state index in [1.54, 1.807) is 34.0 Å². The summed E-state index contributed by atoms with van der Waals surface area (Å²) in [7, 11) is 0. The zero-order chi connectivity index (χ0) is 21.9. The molecule has 0 saturated heterocycles. The van der Waals surface area contributed by atoms with Crippen LogP contribution in [0.1, 0.15) is 28.7 Å². The third-order valence-electron chi connectivity index (χ3n) is 6.28. The first-order valence-electron chi connectivity index (χ1n) is 10.1. The van der Waals surface area contributed by atoms with Gasteiger partial charge in [-0.1, -0.05) is 23.7 Å². The molecule has 1 unspecified atom stereocenters. The Bertz CT molecular complexity index is 1280. The van der Waals surface area contributed by atoms with Gasteiger partial charge in [-0.25, -0.2) is 4.68 Å². The fraction of sp³-hybridized carbons (Fsp3) is 0.208. The number of halogens is 1. The minimum atomic E-state index is -1.17. The van der Waals surface area contributed by atoms with Crippen LogP contribution in [0.25, 0.3) is 5.69 Å². The Hall–Kier alpha value is -3.38. The molecule has 2 aliphatic heterocycles. The van der Waals surface area contributed by atoms with Gasteiger partial charge in [-0.3, -0.25) is 9.59 Å². The molecule has 0 aliphatic carbocycles. The molecular weight excluding hydrogens is 412 g/mol. The van der Waals surface area contributed by atoms with Crippen molar-refractivity contribution in [2.45, 2.75) is 25.7 Å². The van der Waals surface area contributed by atoms with Gasteiger partial charge in [0, 0.05) is 29.2 Å². The number of amides is 2. The second-order valence-corrected chi connectivity index (χ2v) is 8.52. The monoisotopic (exact) mass is 432 g/mol. The lowest BCUT2D eigenvalue weighted by molar-refractivity contribution is -0.126. The molecule has 2 aliphatic rings. The third kappa shape index (κ3) is 2.68. The highest BCUT2D eigenvalue weighted by atomic mass is 35.5. The molecule has 0 radical (unpaired) electrons. The summed E-state index contributed by atoms with van der Waals surface area (Å²) in [5.74, 6) is 0.109. The quantitative estimate of drug-likeness (QED) is 0.627. The first-order chi connectivity index (χ1) is 14.9. The average Bonchev–Trinajstić information content (AvgIpc) is 3.25. The number of aryl methyl sites for hydroxylation is 2. The molecule has 0 fully saturated rings. The van der Waals surface area contributed by atoms with E-state index in [0.717, 1.165) is 22.5 Å². The predicted octanol–water partition coefficient (Wildman–Crippen LogP) is 4.30. The van der Waals surface area contributed by atoms with Crippen LogP contribution < -0.4 is 10.2 Å². The van der Waals surface area contributed by atoms with E-state index < -0.39 is 5.41 Å². The molecule has 1 N–H and O–H groups in total. The van der Waals surface area contributed by atoms with Gasteiger partial charge in [0.15, 0.2) is 0 Å². The number of carbonyl (C=O) groups is 2. The first-order valence-corrected chi connectivity index (χ1v) is 10.4. The summed E-state index contributed by atoms with van der Waals surface area (Å²) in [6, 6.07) is 11.4. The molecule has 0 saturated carbocycles. The molecule has 1 aromatic heterocycles. The number of nitrogens with one attached hydrogen (secondary N) is 1. The zero-order valence-electron chi connectivity index (χ0n) is 17.3. The topological polar surface area (TPSA) is 67.2 Å². The van der Waals surface area contributed by atoms with Crippen LogP contribution in [0.15, 0.2) is 55.3 Å². The molecule has 2 aromatic carbocycles. The number of hydrogen-bond acceptors (Lipinski definition) is 3. The van der Waals surface area contributed by atoms with Crippen molar-refractivity contribution in [3.8, 4) is 5.69 Å². The van der Waals surface area contributed by atoms with Gasteiger partial charge in [-0.15, -0.1) is 6.58 Å². The highest BCUT2D eigenvalue weighted by molar-refractivity contribution is 6.31. The van der Waals surface area contributed by atoms with E-state index >= 15 is 0 Å². The Kier molecular flexibility index (Phi) is 4.31. The maximum Gasteiger partial charge on any atom is 0.243 e. The third-order valence-corrected chi connectivity index (χ3v) is 6.51. The van der Waals surface area contributed by atoms with Crippen molar-refractivity contribution in [3.05, 3.63) is 82.5 Å². The Balaban J connectivity index is 1.76. The number of nitrogens with zero attached hydrogens (tertiary/aromatic N) is 3. The predicted molar refractivity (Wildman–Crippen MR) is 121 cm³/mol. The number of benzene rings is 2. The largest absolute Gasteiger partial charge is 0.310 e. The Morgan fingerprint density at radius 3 is 2.71 bits per heavy atom. The molecule has 5 rings (SSSR count). The van der Waals surface area contributed by atoms with Crippen LogP contribution >= 0.6 is 11.6 Å². The number of anilines is 2. The van der Waals surface area contributed by atoms with E-state index in [4.69, 9.17) is 11.6 Å². The molecule has 1 spiro atoms. The van der Waals surface area contributed by atoms with Crippen molar-refractivity contribution in [1.82, 2.24) is 9.78 Å². The second kappa shape index (κ2) is 6.82.